The Balaban J connectivity index is 1.32. The van der Waals surface area contributed by atoms with E-state index in [0.29, 0.717) is 5.92 Å². The summed E-state index contributed by atoms with van der Waals surface area (Å²) in [6.45, 7) is 27.0. The first kappa shape index (κ1) is 38.9. The van der Waals surface area contributed by atoms with Gasteiger partial charge in [0.05, 0.1) is 10.7 Å². The molecule has 3 heterocycles. The van der Waals surface area contributed by atoms with Gasteiger partial charge < -0.3 is 9.80 Å². The highest BCUT2D eigenvalue weighted by molar-refractivity contribution is 7.20. The second-order valence-corrected chi connectivity index (χ2v) is 23.0. The van der Waals surface area contributed by atoms with Crippen molar-refractivity contribution in [2.75, 3.05) is 9.80 Å². The van der Waals surface area contributed by atoms with E-state index in [1.165, 1.54) is 78.9 Å². The van der Waals surface area contributed by atoms with Gasteiger partial charge in [0.1, 0.15) is 0 Å². The number of rotatable bonds is 3. The summed E-state index contributed by atoms with van der Waals surface area (Å²) in [5.74, 6) is 0.526. The van der Waals surface area contributed by atoms with Crippen LogP contribution in [0, 0.1) is 29.1 Å². The number of aryl methyl sites for hydroxylation is 1. The number of nitrogens with zero attached hydrogens (tertiary/aromatic N) is 2. The second kappa shape index (κ2) is 13.4. The van der Waals surface area contributed by atoms with E-state index in [4.69, 9.17) is 0 Å². The molecule has 1 unspecified atom stereocenters. The molecule has 302 valence electrons. The van der Waals surface area contributed by atoms with E-state index >= 15 is 0 Å². The third-order valence-electron chi connectivity index (χ3n) is 15.0. The molecule has 0 saturated heterocycles. The van der Waals surface area contributed by atoms with Crippen LogP contribution in [0.15, 0.2) is 113 Å². The summed E-state index contributed by atoms with van der Waals surface area (Å²) < 4.78 is 0. The van der Waals surface area contributed by atoms with Crippen LogP contribution in [-0.4, -0.2) is 6.71 Å². The largest absolute Gasteiger partial charge is 0.311 e. The summed E-state index contributed by atoms with van der Waals surface area (Å²) in [5, 5.41) is 1.45. The van der Waals surface area contributed by atoms with Crippen molar-refractivity contribution in [1.82, 2.24) is 0 Å². The molecule has 4 aromatic rings. The Morgan fingerprint density at radius 3 is 2.19 bits per heavy atom. The summed E-state index contributed by atoms with van der Waals surface area (Å²) >= 11 is 2.04. The normalized spacial score (nSPS) is 21.5. The predicted octanol–water partition coefficient (Wildman–Crippen LogP) is 14.4. The first-order chi connectivity index (χ1) is 27.9. The van der Waals surface area contributed by atoms with E-state index in [9.17, 15) is 0 Å². The van der Waals surface area contributed by atoms with Gasteiger partial charge in [-0.15, -0.1) is 11.3 Å². The van der Waals surface area contributed by atoms with Crippen LogP contribution in [0.25, 0.3) is 17.2 Å². The fraction of sp³-hybridized carbons (Fsp3) is 0.418. The van der Waals surface area contributed by atoms with Gasteiger partial charge >= 0.3 is 0 Å². The Bertz CT molecular complexity index is 2570. The highest BCUT2D eigenvalue weighted by atomic mass is 32.1. The van der Waals surface area contributed by atoms with Crippen LogP contribution in [0.4, 0.5) is 22.1 Å². The van der Waals surface area contributed by atoms with Gasteiger partial charge in [-0.3, -0.25) is 0 Å². The van der Waals surface area contributed by atoms with Gasteiger partial charge in [0.15, 0.2) is 0 Å². The number of hydrogen-bond acceptors (Lipinski definition) is 3. The fourth-order valence-electron chi connectivity index (χ4n) is 11.5. The van der Waals surface area contributed by atoms with Crippen molar-refractivity contribution in [3.8, 4) is 11.1 Å². The SMILES string of the molecule is Cc1cc2c3c(c1)N(C1=CCC(C(C)(C)C)C=C1)c1sc4c(c1B3C1=C(C3=C(CC1)C(C)(C)CCC3(C)C)N2c1ccc(C(C)(C)C)cc1-c1ccccc1)CCC=C4. The lowest BCUT2D eigenvalue weighted by Crippen LogP contribution is -2.58. The molecule has 6 aliphatic rings. The van der Waals surface area contributed by atoms with Crippen molar-refractivity contribution in [3.05, 3.63) is 135 Å². The number of hydrogen-bond donors (Lipinski definition) is 0. The molecule has 2 nitrogen and oxygen atoms in total. The molecule has 0 amide bonds. The van der Waals surface area contributed by atoms with Crippen molar-refractivity contribution in [1.29, 1.82) is 0 Å². The van der Waals surface area contributed by atoms with Crippen molar-refractivity contribution in [2.24, 2.45) is 22.2 Å². The third-order valence-corrected chi connectivity index (χ3v) is 16.2. The van der Waals surface area contributed by atoms with Gasteiger partial charge in [-0.05, 0) is 155 Å². The van der Waals surface area contributed by atoms with Crippen molar-refractivity contribution in [3.63, 3.8) is 0 Å². The number of fused-ring (bicyclic) bond motifs is 6. The van der Waals surface area contributed by atoms with Crippen LogP contribution in [0.3, 0.4) is 0 Å². The zero-order valence-electron chi connectivity index (χ0n) is 37.6. The van der Waals surface area contributed by atoms with Crippen molar-refractivity contribution in [2.45, 2.75) is 127 Å². The first-order valence-corrected chi connectivity index (χ1v) is 23.4. The van der Waals surface area contributed by atoms with Crippen LogP contribution < -0.4 is 20.7 Å². The van der Waals surface area contributed by atoms with Gasteiger partial charge in [0.2, 0.25) is 6.71 Å². The van der Waals surface area contributed by atoms with Crippen LogP contribution in [0.5, 0.6) is 0 Å². The van der Waals surface area contributed by atoms with E-state index in [-0.39, 0.29) is 28.4 Å². The summed E-state index contributed by atoms with van der Waals surface area (Å²) in [5.41, 5.74) is 22.3. The Labute approximate surface area is 359 Å². The lowest BCUT2D eigenvalue weighted by Gasteiger charge is -2.53. The summed E-state index contributed by atoms with van der Waals surface area (Å²) in [6, 6.07) is 23.8. The van der Waals surface area contributed by atoms with Crippen LogP contribution >= 0.6 is 11.3 Å². The molecule has 4 heteroatoms. The topological polar surface area (TPSA) is 6.48 Å². The first-order valence-electron chi connectivity index (χ1n) is 22.6. The third kappa shape index (κ3) is 6.08. The van der Waals surface area contributed by atoms with Crippen molar-refractivity contribution < 1.29 is 0 Å². The Morgan fingerprint density at radius 1 is 0.763 bits per heavy atom. The summed E-state index contributed by atoms with van der Waals surface area (Å²) in [6.07, 6.45) is 20.3. The van der Waals surface area contributed by atoms with Crippen LogP contribution in [0.2, 0.25) is 0 Å². The van der Waals surface area contributed by atoms with Gasteiger partial charge in [0.25, 0.3) is 0 Å². The lowest BCUT2D eigenvalue weighted by atomic mass is 9.31. The fourth-order valence-corrected chi connectivity index (χ4v) is 12.9. The highest BCUT2D eigenvalue weighted by Gasteiger charge is 2.52. The second-order valence-electron chi connectivity index (χ2n) is 22.0. The van der Waals surface area contributed by atoms with Gasteiger partial charge in [-0.1, -0.05) is 135 Å². The van der Waals surface area contributed by atoms with E-state index in [1.807, 2.05) is 11.3 Å². The Kier molecular flexibility index (Phi) is 8.81. The number of thiophene rings is 1. The molecule has 0 bridgehead atoms. The molecule has 10 rings (SSSR count). The monoisotopic (exact) mass is 794 g/mol. The number of anilines is 4. The van der Waals surface area contributed by atoms with E-state index in [1.54, 1.807) is 27.6 Å². The lowest BCUT2D eigenvalue weighted by molar-refractivity contribution is 0.254. The molecule has 1 atom stereocenters. The zero-order chi connectivity index (χ0) is 41.4. The molecule has 0 N–H and O–H groups in total. The molecule has 3 aromatic carbocycles. The average Bonchev–Trinajstić information content (AvgIpc) is 3.58. The standard InChI is InChI=1S/C55H63BN2S/c1-34-31-44-49-45(32-34)58(43-28-23-37(53(5,6)7)33-40(43)35-17-13-12-14-18-35)50-42(27-26-41-47(50)55(10,11)30-29-54(41,8)9)56(49)48-39-19-15-16-20-46(39)59-51(48)57(44)38-24-21-36(22-25-38)52(2,3)4/h12-14,16-18,20-21,23-25,28,31-33,36H,15,19,22,26-27,29-30H2,1-11H3. The molecule has 4 aliphatic carbocycles. The Morgan fingerprint density at radius 2 is 1.49 bits per heavy atom. The minimum Gasteiger partial charge on any atom is -0.311 e. The minimum absolute atomic E-state index is 0.0223. The molecule has 2 aliphatic heterocycles. The van der Waals surface area contributed by atoms with E-state index in [2.05, 4.69) is 177 Å². The molecule has 0 spiro atoms. The summed E-state index contributed by atoms with van der Waals surface area (Å²) in [4.78, 5) is 6.98. The maximum Gasteiger partial charge on any atom is 0.249 e. The molecule has 59 heavy (non-hydrogen) atoms. The minimum atomic E-state index is 0.0223. The predicted molar refractivity (Wildman–Crippen MR) is 258 cm³/mol. The average molecular weight is 795 g/mol. The molecular formula is C55H63BN2S. The maximum absolute atomic E-state index is 2.81. The molecule has 0 fully saturated rings. The van der Waals surface area contributed by atoms with Crippen LogP contribution in [-0.2, 0) is 11.8 Å². The van der Waals surface area contributed by atoms with Gasteiger partial charge in [-0.2, -0.15) is 0 Å². The van der Waals surface area contributed by atoms with E-state index in [0.717, 1.165) is 32.1 Å². The zero-order valence-corrected chi connectivity index (χ0v) is 38.4. The van der Waals surface area contributed by atoms with Crippen molar-refractivity contribution >= 4 is 57.1 Å². The number of allylic oxidation sites excluding steroid dienone is 7. The highest BCUT2D eigenvalue weighted by Crippen LogP contribution is 2.60. The quantitative estimate of drug-likeness (QED) is 0.191. The smallest absolute Gasteiger partial charge is 0.249 e. The molecular weight excluding hydrogens is 731 g/mol. The Hall–Kier alpha value is -4.28. The van der Waals surface area contributed by atoms with Gasteiger partial charge in [0, 0.05) is 33.2 Å². The van der Waals surface area contributed by atoms with Gasteiger partial charge in [-0.25, -0.2) is 0 Å². The molecule has 0 saturated carbocycles. The maximum atomic E-state index is 2.81. The summed E-state index contributed by atoms with van der Waals surface area (Å²) in [7, 11) is 0. The van der Waals surface area contributed by atoms with E-state index < -0.39 is 0 Å². The molecule has 0 radical (unpaired) electrons. The molecule has 1 aromatic heterocycles. The number of benzene rings is 3. The van der Waals surface area contributed by atoms with Crippen LogP contribution in [0.1, 0.15) is 129 Å².